The molecule has 7 heteroatoms. The molecule has 1 aliphatic rings. The number of hydrogen-bond donors (Lipinski definition) is 1. The number of fused-ring (bicyclic) bond motifs is 1. The highest BCUT2D eigenvalue weighted by Gasteiger charge is 2.35. The Morgan fingerprint density at radius 2 is 1.63 bits per heavy atom. The monoisotopic (exact) mass is 477 g/mol. The van der Waals surface area contributed by atoms with Crippen molar-refractivity contribution in [3.63, 3.8) is 0 Å². The summed E-state index contributed by atoms with van der Waals surface area (Å²) in [5, 5.41) is 3.01. The van der Waals surface area contributed by atoms with E-state index in [1.54, 1.807) is 29.2 Å². The molecule has 186 valence electrons. The third kappa shape index (κ3) is 6.15. The Labute approximate surface area is 207 Å². The van der Waals surface area contributed by atoms with Gasteiger partial charge in [0.15, 0.2) is 0 Å². The van der Waals surface area contributed by atoms with Crippen LogP contribution >= 0.6 is 0 Å². The number of benzene rings is 2. The van der Waals surface area contributed by atoms with E-state index in [1.165, 1.54) is 4.90 Å². The van der Waals surface area contributed by atoms with Crippen molar-refractivity contribution in [1.29, 1.82) is 0 Å². The number of amides is 4. The molecule has 2 aromatic carbocycles. The molecule has 0 saturated carbocycles. The van der Waals surface area contributed by atoms with Crippen molar-refractivity contribution in [2.45, 2.75) is 72.0 Å². The van der Waals surface area contributed by atoms with Gasteiger partial charge in [0.2, 0.25) is 11.8 Å². The molecule has 1 aliphatic heterocycles. The quantitative estimate of drug-likeness (QED) is 0.494. The average molecular weight is 478 g/mol. The lowest BCUT2D eigenvalue weighted by atomic mass is 10.1. The van der Waals surface area contributed by atoms with Crippen molar-refractivity contribution in [3.05, 3.63) is 70.8 Å². The van der Waals surface area contributed by atoms with Crippen molar-refractivity contribution in [2.24, 2.45) is 0 Å². The predicted molar refractivity (Wildman–Crippen MR) is 135 cm³/mol. The van der Waals surface area contributed by atoms with Crippen molar-refractivity contribution < 1.29 is 19.2 Å². The topological polar surface area (TPSA) is 86.8 Å². The first kappa shape index (κ1) is 26.1. The highest BCUT2D eigenvalue weighted by Crippen LogP contribution is 2.23. The van der Waals surface area contributed by atoms with E-state index in [2.05, 4.69) is 5.32 Å². The molecule has 0 aromatic heterocycles. The van der Waals surface area contributed by atoms with E-state index in [-0.39, 0.29) is 42.6 Å². The van der Waals surface area contributed by atoms with Gasteiger partial charge in [-0.1, -0.05) is 55.8 Å². The maximum Gasteiger partial charge on any atom is 0.261 e. The van der Waals surface area contributed by atoms with Gasteiger partial charge in [0.05, 0.1) is 11.1 Å². The standard InChI is InChI=1S/C28H35N3O4/c1-5-20(4)29-26(33)24(6-2)31(18-21-12-9-11-19(3)17-21)25(32)15-10-16-30-27(34)22-13-7-8-14-23(22)28(30)35/h7-9,11-14,17,20,24H,5-6,10,15-16,18H2,1-4H3,(H,29,33)/t20-,24+/m1/s1. The summed E-state index contributed by atoms with van der Waals surface area (Å²) in [5.41, 5.74) is 2.83. The number of nitrogens with one attached hydrogen (secondary N) is 1. The molecule has 35 heavy (non-hydrogen) atoms. The fourth-order valence-corrected chi connectivity index (χ4v) is 4.34. The van der Waals surface area contributed by atoms with E-state index in [0.717, 1.165) is 17.5 Å². The minimum Gasteiger partial charge on any atom is -0.352 e. The Hall–Kier alpha value is -3.48. The van der Waals surface area contributed by atoms with Crippen LogP contribution in [-0.4, -0.2) is 52.1 Å². The molecule has 0 fully saturated rings. The highest BCUT2D eigenvalue weighted by molar-refractivity contribution is 6.21. The van der Waals surface area contributed by atoms with Crippen LogP contribution in [0, 0.1) is 6.92 Å². The Morgan fingerprint density at radius 1 is 0.971 bits per heavy atom. The van der Waals surface area contributed by atoms with Crippen molar-refractivity contribution in [2.75, 3.05) is 6.54 Å². The summed E-state index contributed by atoms with van der Waals surface area (Å²) >= 11 is 0. The van der Waals surface area contributed by atoms with Gasteiger partial charge < -0.3 is 10.2 Å². The van der Waals surface area contributed by atoms with E-state index >= 15 is 0 Å². The van der Waals surface area contributed by atoms with Gasteiger partial charge in [0, 0.05) is 25.6 Å². The Bertz CT molecular complexity index is 1060. The zero-order valence-corrected chi connectivity index (χ0v) is 21.0. The van der Waals surface area contributed by atoms with Crippen LogP contribution in [0.15, 0.2) is 48.5 Å². The molecule has 0 bridgehead atoms. The molecular weight excluding hydrogens is 442 g/mol. The first-order chi connectivity index (χ1) is 16.8. The minimum atomic E-state index is -0.601. The zero-order valence-electron chi connectivity index (χ0n) is 21.0. The number of rotatable bonds is 11. The van der Waals surface area contributed by atoms with Gasteiger partial charge in [-0.15, -0.1) is 0 Å². The number of hydrogen-bond acceptors (Lipinski definition) is 4. The summed E-state index contributed by atoms with van der Waals surface area (Å²) in [5.74, 6) is -0.986. The molecule has 1 heterocycles. The summed E-state index contributed by atoms with van der Waals surface area (Å²) in [6.07, 6.45) is 1.75. The van der Waals surface area contributed by atoms with Gasteiger partial charge in [0.1, 0.15) is 6.04 Å². The number of carbonyl (C=O) groups excluding carboxylic acids is 4. The van der Waals surface area contributed by atoms with Crippen LogP contribution in [0.5, 0.6) is 0 Å². The predicted octanol–water partition coefficient (Wildman–Crippen LogP) is 4.09. The summed E-state index contributed by atoms with van der Waals surface area (Å²) < 4.78 is 0. The second-order valence-electron chi connectivity index (χ2n) is 9.16. The zero-order chi connectivity index (χ0) is 25.5. The Morgan fingerprint density at radius 3 is 2.20 bits per heavy atom. The van der Waals surface area contributed by atoms with Gasteiger partial charge in [-0.05, 0) is 50.8 Å². The van der Waals surface area contributed by atoms with Gasteiger partial charge in [-0.25, -0.2) is 0 Å². The fourth-order valence-electron chi connectivity index (χ4n) is 4.34. The number of carbonyl (C=O) groups is 4. The maximum absolute atomic E-state index is 13.4. The van der Waals surface area contributed by atoms with Gasteiger partial charge in [-0.2, -0.15) is 0 Å². The Balaban J connectivity index is 1.71. The molecule has 0 radical (unpaired) electrons. The highest BCUT2D eigenvalue weighted by atomic mass is 16.2. The molecule has 0 unspecified atom stereocenters. The van der Waals surface area contributed by atoms with Crippen LogP contribution in [0.4, 0.5) is 0 Å². The van der Waals surface area contributed by atoms with E-state index in [4.69, 9.17) is 0 Å². The van der Waals surface area contributed by atoms with Gasteiger partial charge >= 0.3 is 0 Å². The lowest BCUT2D eigenvalue weighted by Gasteiger charge is -2.31. The van der Waals surface area contributed by atoms with Gasteiger partial charge in [0.25, 0.3) is 11.8 Å². The third-order valence-electron chi connectivity index (χ3n) is 6.47. The summed E-state index contributed by atoms with van der Waals surface area (Å²) in [4.78, 5) is 54.5. The SMILES string of the molecule is CC[C@@H](C)NC(=O)[C@H](CC)N(Cc1cccc(C)c1)C(=O)CCCN1C(=O)c2ccccc2C1=O. The number of imide groups is 1. The normalized spacial score (nSPS) is 14.5. The molecule has 0 aliphatic carbocycles. The molecule has 0 spiro atoms. The second kappa shape index (κ2) is 11.8. The second-order valence-corrected chi connectivity index (χ2v) is 9.16. The smallest absolute Gasteiger partial charge is 0.261 e. The van der Waals surface area contributed by atoms with Crippen LogP contribution < -0.4 is 5.32 Å². The minimum absolute atomic E-state index is 0.0151. The summed E-state index contributed by atoms with van der Waals surface area (Å²) in [7, 11) is 0. The lowest BCUT2D eigenvalue weighted by molar-refractivity contribution is -0.141. The third-order valence-corrected chi connectivity index (χ3v) is 6.47. The van der Waals surface area contributed by atoms with E-state index in [1.807, 2.05) is 52.0 Å². The average Bonchev–Trinajstić information content (AvgIpc) is 3.08. The molecule has 3 rings (SSSR count). The van der Waals surface area contributed by atoms with Gasteiger partial charge in [-0.3, -0.25) is 24.1 Å². The summed E-state index contributed by atoms with van der Waals surface area (Å²) in [6, 6.07) is 14.1. The van der Waals surface area contributed by atoms with E-state index in [0.29, 0.717) is 30.5 Å². The molecule has 7 nitrogen and oxygen atoms in total. The molecule has 2 atom stereocenters. The van der Waals surface area contributed by atoms with Crippen molar-refractivity contribution in [3.8, 4) is 0 Å². The maximum atomic E-state index is 13.4. The fraction of sp³-hybridized carbons (Fsp3) is 0.429. The molecular formula is C28H35N3O4. The lowest BCUT2D eigenvalue weighted by Crippen LogP contribution is -2.50. The molecule has 0 saturated heterocycles. The van der Waals surface area contributed by atoms with Crippen molar-refractivity contribution >= 4 is 23.6 Å². The summed E-state index contributed by atoms with van der Waals surface area (Å²) in [6.45, 7) is 8.31. The van der Waals surface area contributed by atoms with Crippen LogP contribution in [0.25, 0.3) is 0 Å². The largest absolute Gasteiger partial charge is 0.352 e. The van der Waals surface area contributed by atoms with Crippen LogP contribution in [0.1, 0.15) is 78.3 Å². The molecule has 4 amide bonds. The number of aryl methyl sites for hydroxylation is 1. The van der Waals surface area contributed by atoms with Crippen molar-refractivity contribution in [1.82, 2.24) is 15.1 Å². The van der Waals surface area contributed by atoms with Crippen LogP contribution in [-0.2, 0) is 16.1 Å². The van der Waals surface area contributed by atoms with E-state index < -0.39 is 6.04 Å². The first-order valence-corrected chi connectivity index (χ1v) is 12.4. The van der Waals surface area contributed by atoms with Crippen LogP contribution in [0.2, 0.25) is 0 Å². The Kier molecular flexibility index (Phi) is 8.79. The molecule has 2 aromatic rings. The number of nitrogens with zero attached hydrogens (tertiary/aromatic N) is 2. The van der Waals surface area contributed by atoms with E-state index in [9.17, 15) is 19.2 Å². The van der Waals surface area contributed by atoms with Crippen LogP contribution in [0.3, 0.4) is 0 Å². The molecule has 1 N–H and O–H groups in total. The first-order valence-electron chi connectivity index (χ1n) is 12.4.